The van der Waals surface area contributed by atoms with Gasteiger partial charge in [-0.3, -0.25) is 16.5 Å². The van der Waals surface area contributed by atoms with Crippen molar-refractivity contribution in [3.63, 3.8) is 0 Å². The van der Waals surface area contributed by atoms with Crippen LogP contribution in [0.25, 0.3) is 22.3 Å². The standard InChI is InChI=1S/C21H25NO3.C15H14BrNO.C6H11O2.BrH.Zn/c1-21(2,3)25-20(23)13-18-16-7-5-6-14(16)8-9-17(18)15-10-11-22-19(12-15)24-4;1-18-14-9-11(7-8-17-14)13-6-5-10-3-2-4-12(10)15(13)16;1-5(7)8-6(2,3)4;;/h8-12H,5-7,13H2,1-4H3;5-9H,2-4H2,1H3;1H2,2-4H3;1H;/q;;-1;;+2/p-1. The van der Waals surface area contributed by atoms with E-state index in [0.717, 1.165) is 41.5 Å². The number of pyridine rings is 2. The van der Waals surface area contributed by atoms with E-state index in [1.165, 1.54) is 67.9 Å². The Morgan fingerprint density at radius 3 is 1.66 bits per heavy atom. The molecule has 0 amide bonds. The van der Waals surface area contributed by atoms with Crippen LogP contribution >= 0.6 is 29.6 Å². The van der Waals surface area contributed by atoms with Crippen molar-refractivity contribution in [2.24, 2.45) is 0 Å². The van der Waals surface area contributed by atoms with Gasteiger partial charge in [0.1, 0.15) is 11.2 Å². The first-order valence-corrected chi connectivity index (χ1v) is 25.3. The first kappa shape index (κ1) is 44.1. The summed E-state index contributed by atoms with van der Waals surface area (Å²) in [6, 6.07) is 16.6. The van der Waals surface area contributed by atoms with Gasteiger partial charge in [-0.1, -0.05) is 24.3 Å². The van der Waals surface area contributed by atoms with E-state index >= 15 is 0 Å². The first-order valence-electron chi connectivity index (χ1n) is 17.6. The molecule has 0 N–H and O–H groups in total. The van der Waals surface area contributed by atoms with Crippen molar-refractivity contribution < 1.29 is 44.9 Å². The fourth-order valence-electron chi connectivity index (χ4n) is 6.30. The van der Waals surface area contributed by atoms with Crippen molar-refractivity contribution in [3.8, 4) is 34.0 Å². The molecule has 2 aliphatic rings. The molecule has 6 rings (SSSR count). The average Bonchev–Trinajstić information content (AvgIpc) is 3.79. The zero-order valence-corrected chi connectivity index (χ0v) is 38.4. The molecule has 0 atom stereocenters. The summed E-state index contributed by atoms with van der Waals surface area (Å²) in [5, 5.41) is 0. The van der Waals surface area contributed by atoms with Gasteiger partial charge in [0.2, 0.25) is 11.8 Å². The van der Waals surface area contributed by atoms with Crippen LogP contribution in [0.4, 0.5) is 0 Å². The maximum atomic E-state index is 12.5. The first-order chi connectivity index (χ1) is 25.1. The summed E-state index contributed by atoms with van der Waals surface area (Å²) in [5.74, 6) is 0.564. The van der Waals surface area contributed by atoms with E-state index in [2.05, 4.69) is 75.4 Å². The summed E-state index contributed by atoms with van der Waals surface area (Å²) in [5.41, 5.74) is 10.2. The molecule has 2 aromatic carbocycles. The molecule has 0 radical (unpaired) electrons. The number of aryl methyl sites for hydroxylation is 2. The fourth-order valence-corrected chi connectivity index (χ4v) is 7.11. The van der Waals surface area contributed by atoms with E-state index in [1.54, 1.807) is 47.4 Å². The van der Waals surface area contributed by atoms with Gasteiger partial charge in [-0.15, -0.1) is 0 Å². The van der Waals surface area contributed by atoms with Gasteiger partial charge >= 0.3 is 35.9 Å². The van der Waals surface area contributed by atoms with Crippen LogP contribution in [-0.4, -0.2) is 47.3 Å². The molecule has 11 heteroatoms. The molecule has 0 fully saturated rings. The predicted octanol–water partition coefficient (Wildman–Crippen LogP) is 10.1. The number of ether oxygens (including phenoxy) is 4. The van der Waals surface area contributed by atoms with Crippen LogP contribution < -0.4 is 9.47 Å². The normalized spacial score (nSPS) is 12.7. The average molecular weight is 904 g/mol. The minimum atomic E-state index is -0.477. The van der Waals surface area contributed by atoms with E-state index in [-0.39, 0.29) is 5.97 Å². The number of carbonyl (C=O) groups excluding carboxylic acids is 2. The van der Waals surface area contributed by atoms with Crippen molar-refractivity contribution in [2.75, 3.05) is 14.2 Å². The second-order valence-corrected chi connectivity index (χ2v) is 15.3. The molecule has 8 nitrogen and oxygen atoms in total. The van der Waals surface area contributed by atoms with Gasteiger partial charge in [0.15, 0.2) is 5.97 Å². The number of hydrogen-bond acceptors (Lipinski definition) is 8. The SMILES string of the molecule is COc1cc(-c2ccc3c(c2Br)CCC3)ccn1.COc1cc(-c2ccc3c(c2CC(=O)OC(C)(C)C)CCC3)ccn1.[CH2-]C(=O)OC(C)(C)C.[Zn+][Br]. The Hall–Kier alpha value is -3.27. The molecule has 2 aliphatic carbocycles. The molecule has 0 saturated carbocycles. The van der Waals surface area contributed by atoms with Crippen LogP contribution in [0.1, 0.15) is 82.2 Å². The van der Waals surface area contributed by atoms with Gasteiger partial charge in [0.05, 0.1) is 20.6 Å². The molecular formula is C42H50Br2N2O6Zn. The van der Waals surface area contributed by atoms with E-state index < -0.39 is 17.2 Å². The van der Waals surface area contributed by atoms with Crippen LogP contribution in [0.15, 0.2) is 65.4 Å². The monoisotopic (exact) mass is 900 g/mol. The number of benzene rings is 2. The molecule has 0 spiro atoms. The van der Waals surface area contributed by atoms with Gasteiger partial charge in [0.25, 0.3) is 0 Å². The number of rotatable bonds is 6. The van der Waals surface area contributed by atoms with E-state index in [0.29, 0.717) is 18.2 Å². The second-order valence-electron chi connectivity index (χ2n) is 14.5. The number of halogens is 2. The molecule has 0 saturated heterocycles. The van der Waals surface area contributed by atoms with E-state index in [9.17, 15) is 9.59 Å². The van der Waals surface area contributed by atoms with Crippen LogP contribution in [0.3, 0.4) is 0 Å². The summed E-state index contributed by atoms with van der Waals surface area (Å²) in [7, 11) is 3.25. The summed E-state index contributed by atoms with van der Waals surface area (Å²) in [6.07, 6.45) is 10.7. The summed E-state index contributed by atoms with van der Waals surface area (Å²) in [4.78, 5) is 30.9. The Bertz CT molecular complexity index is 1850. The zero-order valence-electron chi connectivity index (χ0n) is 32.2. The van der Waals surface area contributed by atoms with E-state index in [4.69, 9.17) is 14.2 Å². The number of esters is 2. The zero-order chi connectivity index (χ0) is 39.3. The molecular weight excluding hydrogens is 854 g/mol. The topological polar surface area (TPSA) is 96.8 Å². The molecule has 2 aromatic heterocycles. The van der Waals surface area contributed by atoms with Crippen molar-refractivity contribution in [1.29, 1.82) is 0 Å². The van der Waals surface area contributed by atoms with Gasteiger partial charge in [-0.05, 0) is 158 Å². The molecule has 0 bridgehead atoms. The Balaban J connectivity index is 0.000000235. The molecule has 280 valence electrons. The van der Waals surface area contributed by atoms with E-state index in [1.807, 2.05) is 45.0 Å². The van der Waals surface area contributed by atoms with Crippen LogP contribution in [0, 0.1) is 6.92 Å². The van der Waals surface area contributed by atoms with Crippen molar-refractivity contribution in [3.05, 3.63) is 100 Å². The fraction of sp³-hybridized carbons (Fsp3) is 0.405. The molecule has 4 aromatic rings. The molecule has 53 heavy (non-hydrogen) atoms. The van der Waals surface area contributed by atoms with Gasteiger partial charge < -0.3 is 18.9 Å². The summed E-state index contributed by atoms with van der Waals surface area (Å²) < 4.78 is 21.9. The van der Waals surface area contributed by atoms with Crippen LogP contribution in [0.5, 0.6) is 11.8 Å². The number of hydrogen-bond donors (Lipinski definition) is 0. The second kappa shape index (κ2) is 20.4. The van der Waals surface area contributed by atoms with Gasteiger partial charge in [-0.2, -0.15) is 0 Å². The molecule has 0 aliphatic heterocycles. The van der Waals surface area contributed by atoms with Crippen LogP contribution in [-0.2, 0) is 67.5 Å². The van der Waals surface area contributed by atoms with Gasteiger partial charge in [-0.25, -0.2) is 9.97 Å². The molecule has 2 heterocycles. The summed E-state index contributed by atoms with van der Waals surface area (Å²) in [6.45, 7) is 14.2. The van der Waals surface area contributed by atoms with Crippen molar-refractivity contribution in [2.45, 2.75) is 97.7 Å². The third-order valence-corrected chi connectivity index (χ3v) is 9.19. The molecule has 0 unspecified atom stereocenters. The maximum absolute atomic E-state index is 12.5. The Labute approximate surface area is 340 Å². The van der Waals surface area contributed by atoms with Gasteiger partial charge in [0, 0.05) is 29.0 Å². The number of carbonyl (C=O) groups is 2. The Morgan fingerprint density at radius 2 is 1.19 bits per heavy atom. The number of nitrogens with zero attached hydrogens (tertiary/aromatic N) is 2. The quantitative estimate of drug-likeness (QED) is 0.107. The number of aromatic nitrogens is 2. The van der Waals surface area contributed by atoms with Crippen molar-refractivity contribution in [1.82, 2.24) is 9.97 Å². The number of fused-ring (bicyclic) bond motifs is 2. The van der Waals surface area contributed by atoms with Crippen LogP contribution in [0.2, 0.25) is 0 Å². The minimum absolute atomic E-state index is 0.185. The Kier molecular flexibility index (Phi) is 17.0. The van der Waals surface area contributed by atoms with Crippen molar-refractivity contribution >= 4 is 41.5 Å². The third kappa shape index (κ3) is 13.5. The predicted molar refractivity (Wildman–Crippen MR) is 214 cm³/mol. The summed E-state index contributed by atoms with van der Waals surface area (Å²) >= 11 is 8.00. The number of methoxy groups -OCH3 is 2. The Morgan fingerprint density at radius 1 is 0.717 bits per heavy atom. The third-order valence-electron chi connectivity index (χ3n) is 8.29.